The van der Waals surface area contributed by atoms with Gasteiger partial charge in [-0.2, -0.15) is 0 Å². The summed E-state index contributed by atoms with van der Waals surface area (Å²) in [6, 6.07) is 5.41. The lowest BCUT2D eigenvalue weighted by molar-refractivity contribution is -0.146. The standard InChI is InChI=1S/C20H25N3O4S/c1-22(2)20-21-16(12-28-20)15-11-14(5-6-17(15)26-3)18(24)23-9-7-13(8-10-23)19(25)27-4/h5-6,11-13H,7-10H2,1-4H3. The third kappa shape index (κ3) is 4.11. The highest BCUT2D eigenvalue weighted by molar-refractivity contribution is 7.14. The van der Waals surface area contributed by atoms with Crippen LogP contribution in [0.15, 0.2) is 23.6 Å². The lowest BCUT2D eigenvalue weighted by Gasteiger charge is -2.30. The van der Waals surface area contributed by atoms with Gasteiger partial charge in [0, 0.05) is 43.7 Å². The van der Waals surface area contributed by atoms with Crippen LogP contribution in [-0.4, -0.2) is 63.2 Å². The molecular weight excluding hydrogens is 378 g/mol. The summed E-state index contributed by atoms with van der Waals surface area (Å²) in [6.07, 6.45) is 1.25. The normalized spacial score (nSPS) is 14.6. The van der Waals surface area contributed by atoms with Gasteiger partial charge in [0.05, 0.1) is 25.8 Å². The van der Waals surface area contributed by atoms with Gasteiger partial charge in [0.2, 0.25) is 0 Å². The second-order valence-electron chi connectivity index (χ2n) is 6.91. The number of ether oxygens (including phenoxy) is 2. The molecule has 1 fully saturated rings. The first kappa shape index (κ1) is 20.1. The Morgan fingerprint density at radius 1 is 1.21 bits per heavy atom. The van der Waals surface area contributed by atoms with Crippen molar-refractivity contribution in [3.8, 4) is 17.0 Å². The lowest BCUT2D eigenvalue weighted by Crippen LogP contribution is -2.40. The van der Waals surface area contributed by atoms with Crippen molar-refractivity contribution in [2.24, 2.45) is 5.92 Å². The Labute approximate surface area is 168 Å². The molecule has 1 aromatic heterocycles. The quantitative estimate of drug-likeness (QED) is 0.715. The van der Waals surface area contributed by atoms with Gasteiger partial charge >= 0.3 is 5.97 Å². The second-order valence-corrected chi connectivity index (χ2v) is 7.75. The fraction of sp³-hybridized carbons (Fsp3) is 0.450. The minimum Gasteiger partial charge on any atom is -0.496 e. The van der Waals surface area contributed by atoms with Crippen LogP contribution >= 0.6 is 11.3 Å². The molecule has 0 saturated carbocycles. The van der Waals surface area contributed by atoms with Crippen LogP contribution in [0.2, 0.25) is 0 Å². The Bertz CT molecular complexity index is 857. The van der Waals surface area contributed by atoms with Crippen molar-refractivity contribution < 1.29 is 19.1 Å². The molecule has 1 amide bonds. The van der Waals surface area contributed by atoms with E-state index in [1.165, 1.54) is 18.4 Å². The monoisotopic (exact) mass is 403 g/mol. The third-order valence-electron chi connectivity index (χ3n) is 4.91. The van der Waals surface area contributed by atoms with Crippen molar-refractivity contribution in [2.75, 3.05) is 46.3 Å². The van der Waals surface area contributed by atoms with Crippen molar-refractivity contribution in [2.45, 2.75) is 12.8 Å². The Balaban J connectivity index is 1.81. The highest BCUT2D eigenvalue weighted by atomic mass is 32.1. The summed E-state index contributed by atoms with van der Waals surface area (Å²) in [5, 5.41) is 2.85. The van der Waals surface area contributed by atoms with E-state index in [-0.39, 0.29) is 17.8 Å². The first-order valence-corrected chi connectivity index (χ1v) is 10.0. The van der Waals surface area contributed by atoms with Crippen LogP contribution in [0.4, 0.5) is 5.13 Å². The van der Waals surface area contributed by atoms with Crippen LogP contribution in [0.1, 0.15) is 23.2 Å². The average molecular weight is 404 g/mol. The molecule has 7 nitrogen and oxygen atoms in total. The summed E-state index contributed by atoms with van der Waals surface area (Å²) in [6.45, 7) is 1.09. The van der Waals surface area contributed by atoms with Gasteiger partial charge < -0.3 is 19.3 Å². The molecule has 28 heavy (non-hydrogen) atoms. The fourth-order valence-electron chi connectivity index (χ4n) is 3.30. The van der Waals surface area contributed by atoms with Crippen LogP contribution < -0.4 is 9.64 Å². The number of likely N-dealkylation sites (tertiary alicyclic amines) is 1. The number of benzene rings is 1. The Morgan fingerprint density at radius 2 is 1.93 bits per heavy atom. The maximum absolute atomic E-state index is 13.0. The summed E-state index contributed by atoms with van der Waals surface area (Å²) in [5.41, 5.74) is 2.17. The number of carbonyl (C=O) groups is 2. The molecule has 1 aliphatic heterocycles. The number of hydrogen-bond acceptors (Lipinski definition) is 7. The molecule has 0 spiro atoms. The van der Waals surface area contributed by atoms with Gasteiger partial charge in [-0.25, -0.2) is 4.98 Å². The maximum atomic E-state index is 13.0. The molecule has 8 heteroatoms. The molecule has 0 atom stereocenters. The molecule has 150 valence electrons. The Morgan fingerprint density at radius 3 is 2.50 bits per heavy atom. The molecule has 2 aromatic rings. The molecule has 1 saturated heterocycles. The number of anilines is 1. The number of amides is 1. The van der Waals surface area contributed by atoms with Crippen LogP contribution in [-0.2, 0) is 9.53 Å². The Kier molecular flexibility index (Phi) is 6.18. The summed E-state index contributed by atoms with van der Waals surface area (Å²) < 4.78 is 10.3. The van der Waals surface area contributed by atoms with E-state index in [2.05, 4.69) is 4.98 Å². The molecule has 1 aromatic carbocycles. The zero-order chi connectivity index (χ0) is 20.3. The van der Waals surface area contributed by atoms with Crippen molar-refractivity contribution in [1.29, 1.82) is 0 Å². The van der Waals surface area contributed by atoms with E-state index in [0.29, 0.717) is 37.2 Å². The molecule has 0 unspecified atom stereocenters. The topological polar surface area (TPSA) is 72.0 Å². The van der Waals surface area contributed by atoms with Gasteiger partial charge in [-0.15, -0.1) is 11.3 Å². The van der Waals surface area contributed by atoms with Gasteiger partial charge in [0.15, 0.2) is 5.13 Å². The Hall–Kier alpha value is -2.61. The fourth-order valence-corrected chi connectivity index (χ4v) is 4.06. The van der Waals surface area contributed by atoms with E-state index >= 15 is 0 Å². The number of nitrogens with zero attached hydrogens (tertiary/aromatic N) is 3. The average Bonchev–Trinajstić information content (AvgIpc) is 3.23. The SMILES string of the molecule is COC(=O)C1CCN(C(=O)c2ccc(OC)c(-c3csc(N(C)C)n3)c2)CC1. The first-order valence-electron chi connectivity index (χ1n) is 9.13. The molecule has 0 N–H and O–H groups in total. The van der Waals surface area contributed by atoms with E-state index in [9.17, 15) is 9.59 Å². The molecule has 1 aliphatic rings. The van der Waals surface area contributed by atoms with Crippen LogP contribution in [0.5, 0.6) is 5.75 Å². The molecular formula is C20H25N3O4S. The van der Waals surface area contributed by atoms with Gasteiger partial charge in [0.25, 0.3) is 5.91 Å². The van der Waals surface area contributed by atoms with Crippen LogP contribution in [0.25, 0.3) is 11.3 Å². The van der Waals surface area contributed by atoms with Crippen LogP contribution in [0.3, 0.4) is 0 Å². The summed E-state index contributed by atoms with van der Waals surface area (Å²) >= 11 is 1.54. The number of thiazole rings is 1. The van der Waals surface area contributed by atoms with Gasteiger partial charge in [-0.3, -0.25) is 9.59 Å². The van der Waals surface area contributed by atoms with E-state index in [1.807, 2.05) is 30.4 Å². The largest absolute Gasteiger partial charge is 0.496 e. The molecule has 0 aliphatic carbocycles. The predicted molar refractivity (Wildman–Crippen MR) is 109 cm³/mol. The van der Waals surface area contributed by atoms with Crippen molar-refractivity contribution in [1.82, 2.24) is 9.88 Å². The van der Waals surface area contributed by atoms with E-state index in [1.54, 1.807) is 24.1 Å². The summed E-state index contributed by atoms with van der Waals surface area (Å²) in [7, 11) is 6.89. The van der Waals surface area contributed by atoms with Gasteiger partial charge in [-0.05, 0) is 31.0 Å². The predicted octanol–water partition coefficient (Wildman–Crippen LogP) is 2.91. The number of esters is 1. The minimum atomic E-state index is -0.195. The third-order valence-corrected chi connectivity index (χ3v) is 5.92. The number of carbonyl (C=O) groups excluding carboxylic acids is 2. The van der Waals surface area contributed by atoms with Crippen molar-refractivity contribution in [3.05, 3.63) is 29.1 Å². The van der Waals surface area contributed by atoms with E-state index in [0.717, 1.165) is 16.4 Å². The second kappa shape index (κ2) is 8.60. The van der Waals surface area contributed by atoms with Gasteiger partial charge in [0.1, 0.15) is 5.75 Å². The molecule has 2 heterocycles. The highest BCUT2D eigenvalue weighted by Crippen LogP contribution is 2.34. The van der Waals surface area contributed by atoms with Crippen LogP contribution in [0, 0.1) is 5.92 Å². The maximum Gasteiger partial charge on any atom is 0.308 e. The smallest absolute Gasteiger partial charge is 0.308 e. The molecule has 3 rings (SSSR count). The molecule has 0 radical (unpaired) electrons. The minimum absolute atomic E-state index is 0.0460. The summed E-state index contributed by atoms with van der Waals surface area (Å²) in [5.74, 6) is 0.311. The van der Waals surface area contributed by atoms with Crippen molar-refractivity contribution >= 4 is 28.3 Å². The lowest BCUT2D eigenvalue weighted by atomic mass is 9.96. The number of aromatic nitrogens is 1. The van der Waals surface area contributed by atoms with E-state index in [4.69, 9.17) is 9.47 Å². The van der Waals surface area contributed by atoms with Crippen molar-refractivity contribution in [3.63, 3.8) is 0 Å². The number of hydrogen-bond donors (Lipinski definition) is 0. The van der Waals surface area contributed by atoms with Gasteiger partial charge in [-0.1, -0.05) is 0 Å². The zero-order valence-electron chi connectivity index (χ0n) is 16.6. The number of methoxy groups -OCH3 is 2. The summed E-state index contributed by atoms with van der Waals surface area (Å²) in [4.78, 5) is 33.0. The first-order chi connectivity index (χ1) is 13.4. The highest BCUT2D eigenvalue weighted by Gasteiger charge is 2.28. The number of piperidine rings is 1. The number of rotatable bonds is 5. The zero-order valence-corrected chi connectivity index (χ0v) is 17.4. The molecule has 0 bridgehead atoms. The van der Waals surface area contributed by atoms with E-state index < -0.39 is 0 Å².